The number of aromatic nitrogens is 6. The van der Waals surface area contributed by atoms with Gasteiger partial charge in [0.1, 0.15) is 36.3 Å². The first kappa shape index (κ1) is 31.0. The highest BCUT2D eigenvalue weighted by Gasteiger charge is 2.55. The Morgan fingerprint density at radius 1 is 0.932 bits per heavy atom. The van der Waals surface area contributed by atoms with Gasteiger partial charge in [0.25, 0.3) is 5.56 Å². The highest BCUT2D eigenvalue weighted by molar-refractivity contribution is 7.48. The lowest BCUT2D eigenvalue weighted by atomic mass is 10.1. The first-order valence-corrected chi connectivity index (χ1v) is 15.7. The molecule has 3 aromatic rings. The Bertz CT molecular complexity index is 1760. The topological polar surface area (TPSA) is 232 Å². The van der Waals surface area contributed by atoms with E-state index < -0.39 is 89.3 Å². The Morgan fingerprint density at radius 3 is 2.27 bits per heavy atom. The van der Waals surface area contributed by atoms with E-state index in [1.54, 1.807) is 0 Å². The van der Waals surface area contributed by atoms with Crippen molar-refractivity contribution in [2.75, 3.05) is 33.2 Å². The van der Waals surface area contributed by atoms with Gasteiger partial charge >= 0.3 is 21.3 Å². The number of phosphoric ester groups is 2. The summed E-state index contributed by atoms with van der Waals surface area (Å²) >= 11 is 0. The predicted molar refractivity (Wildman–Crippen MR) is 140 cm³/mol. The maximum atomic E-state index is 16.1. The summed E-state index contributed by atoms with van der Waals surface area (Å²) in [6.07, 6.45) is -10.9. The molecule has 0 aliphatic carbocycles. The third-order valence-corrected chi connectivity index (χ3v) is 9.89. The molecule has 10 atom stereocenters. The van der Waals surface area contributed by atoms with Crippen molar-refractivity contribution in [2.45, 2.75) is 49.2 Å². The van der Waals surface area contributed by atoms with Crippen LogP contribution < -0.4 is 17.0 Å². The number of fused-ring (bicyclic) bond motifs is 4. The number of nitrogens with zero attached hydrogens (tertiary/aromatic N) is 5. The molecule has 0 amide bonds. The molecule has 3 aliphatic rings. The fourth-order valence-corrected chi connectivity index (χ4v) is 7.14. The van der Waals surface area contributed by atoms with Gasteiger partial charge in [0.15, 0.2) is 36.3 Å². The zero-order chi connectivity index (χ0) is 31.4. The van der Waals surface area contributed by atoms with Gasteiger partial charge in [0.05, 0.1) is 19.5 Å². The average Bonchev–Trinajstić information content (AvgIpc) is 3.65. The van der Waals surface area contributed by atoms with E-state index in [2.05, 4.69) is 15.0 Å². The van der Waals surface area contributed by atoms with Gasteiger partial charge in [-0.1, -0.05) is 0 Å². The highest BCUT2D eigenvalue weighted by Crippen LogP contribution is 2.57. The molecular weight excluding hydrogens is 642 g/mol. The van der Waals surface area contributed by atoms with E-state index in [0.717, 1.165) is 37.4 Å². The van der Waals surface area contributed by atoms with Crippen LogP contribution in [-0.4, -0.2) is 93.3 Å². The molecule has 0 spiro atoms. The van der Waals surface area contributed by atoms with E-state index in [-0.39, 0.29) is 17.0 Å². The number of phosphoric acid groups is 2. The fraction of sp³-hybridized carbons (Fsp3) is 0.571. The van der Waals surface area contributed by atoms with Crippen LogP contribution in [0.1, 0.15) is 12.5 Å². The summed E-state index contributed by atoms with van der Waals surface area (Å²) in [4.78, 5) is 38.0. The summed E-state index contributed by atoms with van der Waals surface area (Å²) in [5.74, 6) is 0.0187. The maximum absolute atomic E-state index is 16.1. The number of ether oxygens (including phenoxy) is 2. The number of aromatic amines is 1. The Morgan fingerprint density at radius 2 is 1.59 bits per heavy atom. The van der Waals surface area contributed by atoms with Gasteiger partial charge in [-0.25, -0.2) is 37.7 Å². The van der Waals surface area contributed by atoms with Crippen LogP contribution >= 0.6 is 15.6 Å². The van der Waals surface area contributed by atoms with Gasteiger partial charge in [0.2, 0.25) is 0 Å². The fourth-order valence-electron chi connectivity index (χ4n) is 4.91. The second-order valence-corrected chi connectivity index (χ2v) is 13.1. The molecule has 3 fully saturated rings. The van der Waals surface area contributed by atoms with Crippen molar-refractivity contribution in [3.63, 3.8) is 0 Å². The normalized spacial score (nSPS) is 38.1. The van der Waals surface area contributed by atoms with Crippen LogP contribution in [0.5, 0.6) is 0 Å². The van der Waals surface area contributed by atoms with Crippen molar-refractivity contribution in [1.82, 2.24) is 29.1 Å². The Hall–Kier alpha value is -2.97. The summed E-state index contributed by atoms with van der Waals surface area (Å²) in [6.45, 7) is -1.61. The third kappa shape index (κ3) is 5.53. The number of nitrogens with two attached hydrogens (primary N) is 1. The summed E-state index contributed by atoms with van der Waals surface area (Å²) in [6, 6.07) is 0.960. The minimum Gasteiger partial charge on any atom is -0.382 e. The van der Waals surface area contributed by atoms with Crippen molar-refractivity contribution in [1.29, 1.82) is 0 Å². The van der Waals surface area contributed by atoms with Crippen LogP contribution in [0.4, 0.5) is 14.6 Å². The van der Waals surface area contributed by atoms with E-state index in [9.17, 15) is 18.7 Å². The van der Waals surface area contributed by atoms with Gasteiger partial charge in [0, 0.05) is 26.5 Å². The molecule has 3 saturated heterocycles. The number of hydrogen-bond acceptors (Lipinski definition) is 16. The number of rotatable bonds is 4. The molecule has 0 radical (unpaired) electrons. The molecule has 3 N–H and O–H groups in total. The molecule has 44 heavy (non-hydrogen) atoms. The van der Waals surface area contributed by atoms with Crippen LogP contribution in [0.2, 0.25) is 0 Å². The van der Waals surface area contributed by atoms with E-state index >= 15 is 8.78 Å². The number of imidazole rings is 1. The minimum absolute atomic E-state index is 0.0187. The summed E-state index contributed by atoms with van der Waals surface area (Å²) in [5.41, 5.74) is 4.32. The summed E-state index contributed by atoms with van der Waals surface area (Å²) in [7, 11) is -7.52. The minimum atomic E-state index is -4.72. The lowest BCUT2D eigenvalue weighted by Gasteiger charge is -2.27. The zero-order valence-corrected chi connectivity index (χ0v) is 24.5. The lowest BCUT2D eigenvalue weighted by Crippen LogP contribution is -2.38. The number of nitrogens with one attached hydrogen (secondary N) is 1. The van der Waals surface area contributed by atoms with Crippen molar-refractivity contribution < 1.29 is 54.5 Å². The van der Waals surface area contributed by atoms with Crippen LogP contribution in [0.25, 0.3) is 11.2 Å². The number of halogens is 2. The molecular formula is C21H25F2N7O12P2. The first-order valence-electron chi connectivity index (χ1n) is 12.8. The number of anilines is 1. The number of nitrogen functional groups attached to an aromatic ring is 1. The Balaban J connectivity index is 1.35. The monoisotopic (exact) mass is 667 g/mol. The van der Waals surface area contributed by atoms with Crippen LogP contribution in [0.3, 0.4) is 0 Å². The number of H-pyrrole nitrogens is 1. The smallest absolute Gasteiger partial charge is 0.382 e. The van der Waals surface area contributed by atoms with Gasteiger partial charge in [-0.15, -0.1) is 0 Å². The van der Waals surface area contributed by atoms with Crippen molar-refractivity contribution in [3.05, 3.63) is 45.8 Å². The van der Waals surface area contributed by atoms with Gasteiger partial charge in [-0.05, 0) is 0 Å². The number of hydrogen-bond donors (Lipinski definition) is 2. The van der Waals surface area contributed by atoms with Gasteiger partial charge in [-0.3, -0.25) is 46.1 Å². The number of alkyl halides is 2. The van der Waals surface area contributed by atoms with Gasteiger partial charge < -0.3 is 15.2 Å². The molecule has 23 heteroatoms. The van der Waals surface area contributed by atoms with Crippen LogP contribution in [0.15, 0.2) is 34.5 Å². The quantitative estimate of drug-likeness (QED) is 0.366. The molecule has 0 aromatic carbocycles. The second kappa shape index (κ2) is 11.8. The van der Waals surface area contributed by atoms with Crippen LogP contribution in [0, 0.1) is 0 Å². The largest absolute Gasteiger partial charge is 0.475 e. The van der Waals surface area contributed by atoms with E-state index in [4.69, 9.17) is 42.3 Å². The lowest BCUT2D eigenvalue weighted by molar-refractivity contribution is -0.0710. The SMILES string of the molecule is COP1(=O)OC[C@H]2O[C@@H](n3cnc4c(N)ncnc43)[C@H](F)[C@@H]2OP(=O)(OC)OC[C@H]2O[C@@H](n3ccc(=O)[nH]c3=O)[C@H](O1)[C@@H]2F. The molecule has 240 valence electrons. The van der Waals surface area contributed by atoms with Crippen LogP contribution in [-0.2, 0) is 45.7 Å². The Labute approximate surface area is 244 Å². The van der Waals surface area contributed by atoms with Gasteiger partial charge in [-0.2, -0.15) is 0 Å². The molecule has 2 unspecified atom stereocenters. The summed E-state index contributed by atoms with van der Waals surface area (Å²) < 4.78 is 104. The standard InChI is InChI=1S/C21H25F2N7O12P2/c1-35-43(33)37-5-9-12(22)16(20(39-9)29-4-3-11(31)28-21(29)32)42-44(34,36-2)38-6-10-15(41-43)13(23)19(40-10)30-8-27-14-17(24)25-7-26-18(14)30/h3-4,7-10,12-13,15-16,19-20H,5-6H2,1-2H3,(H2,24,25,26)(H,28,31,32)/t9-,10-,12-,13-,15-,16-,19-,20-,43?,44?/m1/s1. The molecule has 3 aromatic heterocycles. The molecule has 6 heterocycles. The summed E-state index contributed by atoms with van der Waals surface area (Å²) in [5, 5.41) is 0. The molecule has 19 nitrogen and oxygen atoms in total. The molecule has 6 rings (SSSR count). The average molecular weight is 667 g/mol. The maximum Gasteiger partial charge on any atom is 0.475 e. The van der Waals surface area contributed by atoms with E-state index in [1.807, 2.05) is 4.98 Å². The molecule has 0 saturated carbocycles. The van der Waals surface area contributed by atoms with Crippen molar-refractivity contribution >= 4 is 32.6 Å². The molecule has 3 aliphatic heterocycles. The first-order chi connectivity index (χ1) is 21.0. The highest BCUT2D eigenvalue weighted by atomic mass is 31.2. The van der Waals surface area contributed by atoms with Crippen molar-refractivity contribution in [2.24, 2.45) is 0 Å². The third-order valence-electron chi connectivity index (χ3n) is 7.06. The van der Waals surface area contributed by atoms with Crippen molar-refractivity contribution in [3.8, 4) is 0 Å². The van der Waals surface area contributed by atoms with E-state index in [0.29, 0.717) is 0 Å². The predicted octanol–water partition coefficient (Wildman–Crippen LogP) is 0.756. The molecule has 2 bridgehead atoms. The zero-order valence-electron chi connectivity index (χ0n) is 22.7. The Kier molecular flexibility index (Phi) is 8.29. The van der Waals surface area contributed by atoms with E-state index in [1.165, 1.54) is 10.9 Å². The second-order valence-electron chi connectivity index (χ2n) is 9.61.